The molecule has 2 rings (SSSR count). The van der Waals surface area contributed by atoms with Crippen LogP contribution in [0.5, 0.6) is 6.01 Å². The molecule has 0 spiro atoms. The number of rotatable bonds is 3. The molecule has 1 aromatic rings. The van der Waals surface area contributed by atoms with Crippen molar-refractivity contribution >= 4 is 23.7 Å². The van der Waals surface area contributed by atoms with E-state index in [9.17, 15) is 0 Å². The van der Waals surface area contributed by atoms with Gasteiger partial charge in [0, 0.05) is 24.1 Å². The van der Waals surface area contributed by atoms with E-state index in [1.807, 2.05) is 18.7 Å². The Morgan fingerprint density at radius 2 is 2.29 bits per heavy atom. The Balaban J connectivity index is 2.24. The second kappa shape index (κ2) is 5.39. The van der Waals surface area contributed by atoms with Gasteiger partial charge in [-0.15, -0.1) is 0 Å². The Morgan fingerprint density at radius 3 is 3.00 bits per heavy atom. The SMILES string of the molecule is CCOc1nc(N)nc(N2CCSCC2C)n1. The van der Waals surface area contributed by atoms with Crippen LogP contribution in [0.15, 0.2) is 0 Å². The molecule has 0 radical (unpaired) electrons. The van der Waals surface area contributed by atoms with Gasteiger partial charge in [-0.25, -0.2) is 0 Å². The predicted octanol–water partition coefficient (Wildman–Crippen LogP) is 0.794. The molecule has 1 aliphatic rings. The second-order valence-electron chi connectivity index (χ2n) is 3.83. The number of aromatic nitrogens is 3. The molecule has 1 aliphatic heterocycles. The van der Waals surface area contributed by atoms with E-state index in [-0.39, 0.29) is 5.95 Å². The molecule has 2 N–H and O–H groups in total. The van der Waals surface area contributed by atoms with Crippen LogP contribution in [0.4, 0.5) is 11.9 Å². The number of nitrogens with zero attached hydrogens (tertiary/aromatic N) is 4. The van der Waals surface area contributed by atoms with Gasteiger partial charge in [0.2, 0.25) is 11.9 Å². The molecule has 0 aliphatic carbocycles. The van der Waals surface area contributed by atoms with Crippen molar-refractivity contribution in [2.24, 2.45) is 0 Å². The summed E-state index contributed by atoms with van der Waals surface area (Å²) >= 11 is 1.94. The number of hydrogen-bond acceptors (Lipinski definition) is 7. The summed E-state index contributed by atoms with van der Waals surface area (Å²) in [5, 5.41) is 0. The van der Waals surface area contributed by atoms with E-state index in [1.165, 1.54) is 0 Å². The largest absolute Gasteiger partial charge is 0.464 e. The first-order valence-corrected chi connectivity index (χ1v) is 6.85. The highest BCUT2D eigenvalue weighted by Crippen LogP contribution is 2.22. The highest BCUT2D eigenvalue weighted by Gasteiger charge is 2.22. The summed E-state index contributed by atoms with van der Waals surface area (Å²) in [6.45, 7) is 5.50. The molecular weight excluding hydrogens is 238 g/mol. The van der Waals surface area contributed by atoms with Gasteiger partial charge in [0.05, 0.1) is 6.61 Å². The van der Waals surface area contributed by atoms with Crippen molar-refractivity contribution in [2.75, 3.05) is 35.3 Å². The first kappa shape index (κ1) is 12.2. The second-order valence-corrected chi connectivity index (χ2v) is 4.98. The lowest BCUT2D eigenvalue weighted by molar-refractivity contribution is 0.312. The Labute approximate surface area is 105 Å². The maximum absolute atomic E-state index is 5.67. The van der Waals surface area contributed by atoms with Gasteiger partial charge >= 0.3 is 6.01 Å². The van der Waals surface area contributed by atoms with Crippen LogP contribution in [0.2, 0.25) is 0 Å². The molecule has 0 amide bonds. The highest BCUT2D eigenvalue weighted by molar-refractivity contribution is 7.99. The molecule has 94 valence electrons. The zero-order valence-electron chi connectivity index (χ0n) is 10.1. The minimum Gasteiger partial charge on any atom is -0.464 e. The molecule has 7 heteroatoms. The first-order chi connectivity index (χ1) is 8.20. The third kappa shape index (κ3) is 2.91. The average molecular weight is 255 g/mol. The maximum atomic E-state index is 5.67. The zero-order chi connectivity index (χ0) is 12.3. The van der Waals surface area contributed by atoms with Gasteiger partial charge in [-0.05, 0) is 13.8 Å². The van der Waals surface area contributed by atoms with Gasteiger partial charge < -0.3 is 15.4 Å². The summed E-state index contributed by atoms with van der Waals surface area (Å²) in [7, 11) is 0. The molecule has 0 saturated carbocycles. The average Bonchev–Trinajstić information content (AvgIpc) is 2.29. The van der Waals surface area contributed by atoms with Crippen LogP contribution < -0.4 is 15.4 Å². The number of hydrogen-bond donors (Lipinski definition) is 1. The summed E-state index contributed by atoms with van der Waals surface area (Å²) in [5.74, 6) is 2.99. The zero-order valence-corrected chi connectivity index (χ0v) is 10.9. The minimum atomic E-state index is 0.212. The third-order valence-electron chi connectivity index (χ3n) is 2.52. The van der Waals surface area contributed by atoms with Crippen LogP contribution in [0, 0.1) is 0 Å². The van der Waals surface area contributed by atoms with E-state index >= 15 is 0 Å². The molecule has 1 unspecified atom stereocenters. The number of nitrogens with two attached hydrogens (primary N) is 1. The van der Waals surface area contributed by atoms with Crippen molar-refractivity contribution in [2.45, 2.75) is 19.9 Å². The molecule has 2 heterocycles. The van der Waals surface area contributed by atoms with Crippen molar-refractivity contribution in [1.29, 1.82) is 0 Å². The maximum Gasteiger partial charge on any atom is 0.323 e. The molecule has 1 atom stereocenters. The fourth-order valence-electron chi connectivity index (χ4n) is 1.71. The standard InChI is InChI=1S/C10H17N5OS/c1-3-16-10-13-8(11)12-9(14-10)15-4-5-17-6-7(15)2/h7H,3-6H2,1-2H3,(H2,11,12,13,14). The Bertz CT molecular complexity index is 389. The Kier molecular flexibility index (Phi) is 3.88. The van der Waals surface area contributed by atoms with E-state index in [0.29, 0.717) is 24.6 Å². The van der Waals surface area contributed by atoms with Crippen LogP contribution in [0.3, 0.4) is 0 Å². The van der Waals surface area contributed by atoms with E-state index in [2.05, 4.69) is 26.8 Å². The lowest BCUT2D eigenvalue weighted by atomic mass is 10.3. The summed E-state index contributed by atoms with van der Waals surface area (Å²) in [5.41, 5.74) is 5.67. The fraction of sp³-hybridized carbons (Fsp3) is 0.700. The summed E-state index contributed by atoms with van der Waals surface area (Å²) < 4.78 is 5.28. The molecule has 6 nitrogen and oxygen atoms in total. The lowest BCUT2D eigenvalue weighted by Crippen LogP contribution is -2.41. The Morgan fingerprint density at radius 1 is 1.47 bits per heavy atom. The van der Waals surface area contributed by atoms with Gasteiger partial charge in [-0.3, -0.25) is 0 Å². The fourth-order valence-corrected chi connectivity index (χ4v) is 2.72. The van der Waals surface area contributed by atoms with Crippen LogP contribution in [0.25, 0.3) is 0 Å². The predicted molar refractivity (Wildman–Crippen MR) is 69.5 cm³/mol. The molecule has 1 fully saturated rings. The van der Waals surface area contributed by atoms with Crippen LogP contribution in [-0.4, -0.2) is 45.7 Å². The minimum absolute atomic E-state index is 0.212. The Hall–Kier alpha value is -1.24. The number of ether oxygens (including phenoxy) is 1. The summed E-state index contributed by atoms with van der Waals surface area (Å²) in [6, 6.07) is 0.713. The highest BCUT2D eigenvalue weighted by atomic mass is 32.2. The molecule has 1 saturated heterocycles. The van der Waals surface area contributed by atoms with Gasteiger partial charge in [0.15, 0.2) is 0 Å². The molecular formula is C10H17N5OS. The topological polar surface area (TPSA) is 77.2 Å². The molecule has 0 aromatic carbocycles. The van der Waals surface area contributed by atoms with E-state index in [0.717, 1.165) is 18.1 Å². The van der Waals surface area contributed by atoms with E-state index in [4.69, 9.17) is 10.5 Å². The monoisotopic (exact) mass is 255 g/mol. The summed E-state index contributed by atoms with van der Waals surface area (Å²) in [4.78, 5) is 14.6. The first-order valence-electron chi connectivity index (χ1n) is 5.69. The lowest BCUT2D eigenvalue weighted by Gasteiger charge is -2.32. The van der Waals surface area contributed by atoms with Gasteiger partial charge in [-0.1, -0.05) is 0 Å². The molecule has 17 heavy (non-hydrogen) atoms. The van der Waals surface area contributed by atoms with E-state index < -0.39 is 0 Å². The van der Waals surface area contributed by atoms with Crippen molar-refractivity contribution in [3.05, 3.63) is 0 Å². The van der Waals surface area contributed by atoms with E-state index in [1.54, 1.807) is 0 Å². The normalized spacial score (nSPS) is 20.4. The van der Waals surface area contributed by atoms with Gasteiger partial charge in [0.25, 0.3) is 0 Å². The smallest absolute Gasteiger partial charge is 0.323 e. The van der Waals surface area contributed by atoms with Crippen LogP contribution in [-0.2, 0) is 0 Å². The van der Waals surface area contributed by atoms with Crippen LogP contribution >= 0.6 is 11.8 Å². The van der Waals surface area contributed by atoms with Crippen molar-refractivity contribution in [3.8, 4) is 6.01 Å². The van der Waals surface area contributed by atoms with Gasteiger partial charge in [-0.2, -0.15) is 26.7 Å². The quantitative estimate of drug-likeness (QED) is 0.855. The van der Waals surface area contributed by atoms with Crippen molar-refractivity contribution in [1.82, 2.24) is 15.0 Å². The number of thioether (sulfide) groups is 1. The third-order valence-corrected chi connectivity index (χ3v) is 3.71. The van der Waals surface area contributed by atoms with Crippen molar-refractivity contribution < 1.29 is 4.74 Å². The van der Waals surface area contributed by atoms with Crippen molar-refractivity contribution in [3.63, 3.8) is 0 Å². The molecule has 1 aromatic heterocycles. The van der Waals surface area contributed by atoms with Crippen LogP contribution in [0.1, 0.15) is 13.8 Å². The number of anilines is 2. The summed E-state index contributed by atoms with van der Waals surface area (Å²) in [6.07, 6.45) is 0. The molecule has 0 bridgehead atoms. The van der Waals surface area contributed by atoms with Gasteiger partial charge in [0.1, 0.15) is 0 Å². The number of nitrogen functional groups attached to an aromatic ring is 1.